The van der Waals surface area contributed by atoms with Crippen LogP contribution in [0.5, 0.6) is 0 Å². The second kappa shape index (κ2) is 50.3. The Hall–Kier alpha value is -10.7. The number of fused-ring (bicyclic) bond motifs is 4. The van der Waals surface area contributed by atoms with Gasteiger partial charge >= 0.3 is 0 Å². The number of hydrogen-bond acceptors (Lipinski definition) is 32. The molecule has 36 heteroatoms. The number of nitrogens with zero attached hydrogens (tertiary/aromatic N) is 28. The van der Waals surface area contributed by atoms with Gasteiger partial charge in [-0.2, -0.15) is 19.9 Å². The zero-order valence-corrected chi connectivity index (χ0v) is 85.6. The third-order valence-electron chi connectivity index (χ3n) is 28.3. The first kappa shape index (κ1) is 101. The summed E-state index contributed by atoms with van der Waals surface area (Å²) in [6.07, 6.45) is 13.4. The third kappa shape index (κ3) is 27.6. The van der Waals surface area contributed by atoms with Crippen molar-refractivity contribution >= 4 is 160 Å². The fraction of sp³-hybridized carbons (Fsp3) is 0.500. The number of pyridine rings is 4. The molecule has 0 radical (unpaired) electrons. The van der Waals surface area contributed by atoms with Crippen LogP contribution in [0.1, 0.15) is 51.9 Å². The molecule has 8 aromatic heterocycles. The number of nitrogens with one attached hydrogen (secondary N) is 4. The zero-order valence-electron chi connectivity index (χ0n) is 82.6. The zero-order chi connectivity index (χ0) is 96.5. The Bertz CT molecular complexity index is 5930. The molecule has 20 rings (SSSR count). The molecular weight excluding hydrogens is 1840 g/mol. The molecule has 8 aliphatic heterocycles. The first-order valence-corrected chi connectivity index (χ1v) is 52.4. The Labute approximate surface area is 846 Å². The van der Waals surface area contributed by atoms with Crippen LogP contribution in [-0.2, 0) is 0 Å². The van der Waals surface area contributed by atoms with Gasteiger partial charge in [-0.05, 0) is 175 Å². The van der Waals surface area contributed by atoms with Gasteiger partial charge in [-0.1, -0.05) is 74.1 Å². The Balaban J connectivity index is 0.000000129. The van der Waals surface area contributed by atoms with Crippen molar-refractivity contribution in [1.29, 1.82) is 0 Å². The highest BCUT2D eigenvalue weighted by Crippen LogP contribution is 2.32. The van der Waals surface area contributed by atoms with E-state index in [1.165, 1.54) is 0 Å². The summed E-state index contributed by atoms with van der Waals surface area (Å²) >= 11 is 24.4. The van der Waals surface area contributed by atoms with E-state index in [4.69, 9.17) is 76.3 Å². The summed E-state index contributed by atoms with van der Waals surface area (Å²) in [7, 11) is 0. The summed E-state index contributed by atoms with van der Waals surface area (Å²) in [4.78, 5) is 95.1. The topological polar surface area (TPSA) is 255 Å². The monoisotopic (exact) mass is 1980 g/mol. The van der Waals surface area contributed by atoms with Gasteiger partial charge in [-0.25, -0.2) is 19.9 Å². The summed E-state index contributed by atoms with van der Waals surface area (Å²) in [6.45, 7) is 58.3. The highest BCUT2D eigenvalue weighted by atomic mass is 35.5. The van der Waals surface area contributed by atoms with Gasteiger partial charge in [0.1, 0.15) is 23.3 Å². The van der Waals surface area contributed by atoms with Crippen LogP contribution in [-0.4, -0.2) is 387 Å². The molecule has 12 aromatic rings. The molecule has 4 aromatic carbocycles. The molecule has 0 atom stereocenters. The number of piperazine rings is 8. The maximum atomic E-state index is 6.12. The summed E-state index contributed by atoms with van der Waals surface area (Å²) < 4.78 is 0. The van der Waals surface area contributed by atoms with Crippen LogP contribution in [0, 0.1) is 13.8 Å². The van der Waals surface area contributed by atoms with Gasteiger partial charge in [0.05, 0.1) is 22.1 Å². The minimum Gasteiger partial charge on any atom is -0.384 e. The van der Waals surface area contributed by atoms with Crippen molar-refractivity contribution < 1.29 is 0 Å². The quantitative estimate of drug-likeness (QED) is 0.0305. The minimum atomic E-state index is 0.713. The van der Waals surface area contributed by atoms with Crippen LogP contribution in [0.3, 0.4) is 0 Å². The van der Waals surface area contributed by atoms with Gasteiger partial charge in [0.2, 0.25) is 23.8 Å². The smallest absolute Gasteiger partial charge is 0.227 e. The van der Waals surface area contributed by atoms with Crippen molar-refractivity contribution in [2.75, 3.05) is 348 Å². The van der Waals surface area contributed by atoms with Crippen LogP contribution >= 0.6 is 46.4 Å². The van der Waals surface area contributed by atoms with Gasteiger partial charge in [0.25, 0.3) is 0 Å². The fourth-order valence-electron chi connectivity index (χ4n) is 19.7. The lowest BCUT2D eigenvalue weighted by molar-refractivity contribution is 0.256. The predicted molar refractivity (Wildman–Crippen MR) is 580 cm³/mol. The van der Waals surface area contributed by atoms with Gasteiger partial charge in [-0.3, -0.25) is 39.5 Å². The van der Waals surface area contributed by atoms with Gasteiger partial charge in [0.15, 0.2) is 0 Å². The standard InChI is InChI=1S/C27H37ClN8.2C26H35ClN8.C25H33ClN8/c1-3-33-11-17-36(18-12-33)27-31-21(2)19-26(32-27)35-15-13-34(14-16-35)10-4-8-29-24-7-9-30-25-20-22(28)5-6-23(24)25;1-3-32-10-16-35(17-11-32)26-30-20(2)18-25(31-26)34-14-12-33(13-15-34)9-8-29-23-6-7-28-24-19-21(27)4-5-22(23)24;1-2-32-12-18-35(19-13-32)26-30-10-7-25(31-26)34-16-14-33(15-17-34)11-3-8-28-23-6-9-29-24-20-21(27)4-5-22(23)24;1-2-31-11-17-34(18-12-31)25-29-8-6-24(30-25)33-15-13-32(14-16-33)10-9-28-22-5-7-27-23-19-20(26)3-4-21(22)23/h5-7,9,19-20H,3-4,8,10-18H2,1-2H3,(H,29,30);4-7,18-19H,3,8-17H2,1-2H3,(H,28,29);4-7,9-10,20H,2-3,8,11-19H2,1H3,(H,28,29);3-8,19H,2,9-18H2,1H3,(H,27,28). The molecule has 8 aliphatic rings. The Morgan fingerprint density at radius 3 is 0.750 bits per heavy atom. The van der Waals surface area contributed by atoms with E-state index < -0.39 is 0 Å². The summed E-state index contributed by atoms with van der Waals surface area (Å²) in [5.74, 6) is 7.74. The van der Waals surface area contributed by atoms with Crippen LogP contribution in [0.4, 0.5) is 69.8 Å². The minimum absolute atomic E-state index is 0.713. The molecule has 0 bridgehead atoms. The van der Waals surface area contributed by atoms with Crippen molar-refractivity contribution in [3.05, 3.63) is 190 Å². The molecule has 0 saturated carbocycles. The molecule has 16 heterocycles. The van der Waals surface area contributed by atoms with Crippen molar-refractivity contribution in [2.45, 2.75) is 54.4 Å². The lowest BCUT2D eigenvalue weighted by atomic mass is 10.2. The summed E-state index contributed by atoms with van der Waals surface area (Å²) in [5.41, 5.74) is 10.2. The van der Waals surface area contributed by atoms with Crippen LogP contribution in [0.2, 0.25) is 20.1 Å². The van der Waals surface area contributed by atoms with Gasteiger partial charge in [0, 0.05) is 374 Å². The molecule has 140 heavy (non-hydrogen) atoms. The number of hydrogen-bond donors (Lipinski definition) is 4. The van der Waals surface area contributed by atoms with E-state index in [9.17, 15) is 0 Å². The lowest BCUT2D eigenvalue weighted by Crippen LogP contribution is -2.48. The number of aromatic nitrogens is 12. The maximum absolute atomic E-state index is 6.12. The highest BCUT2D eigenvalue weighted by molar-refractivity contribution is 6.32. The molecule has 32 nitrogen and oxygen atoms in total. The van der Waals surface area contributed by atoms with Crippen LogP contribution in [0.15, 0.2) is 159 Å². The largest absolute Gasteiger partial charge is 0.384 e. The fourth-order valence-corrected chi connectivity index (χ4v) is 20.4. The second-order valence-corrected chi connectivity index (χ2v) is 39.0. The Morgan fingerprint density at radius 1 is 0.229 bits per heavy atom. The van der Waals surface area contributed by atoms with Crippen LogP contribution < -0.4 is 60.5 Å². The first-order valence-electron chi connectivity index (χ1n) is 50.8. The molecule has 0 unspecified atom stereocenters. The summed E-state index contributed by atoms with van der Waals surface area (Å²) in [5, 5.41) is 21.6. The molecule has 744 valence electrons. The number of aryl methyl sites for hydroxylation is 2. The van der Waals surface area contributed by atoms with Gasteiger partial charge < -0.3 is 80.1 Å². The highest BCUT2D eigenvalue weighted by Gasteiger charge is 2.29. The van der Waals surface area contributed by atoms with Gasteiger partial charge in [-0.15, -0.1) is 0 Å². The van der Waals surface area contributed by atoms with E-state index in [0.29, 0.717) is 15.1 Å². The first-order chi connectivity index (χ1) is 68.6. The van der Waals surface area contributed by atoms with E-state index in [0.717, 1.165) is 431 Å². The third-order valence-corrected chi connectivity index (χ3v) is 29.3. The van der Waals surface area contributed by atoms with E-state index in [1.807, 2.05) is 140 Å². The SMILES string of the molecule is CCN1CCN(c2nc(C)cc(N3CCN(CCCNc4ccnc5cc(Cl)ccc45)CC3)n2)CC1.CCN1CCN(c2nc(C)cc(N3CCN(CCNc4ccnc5cc(Cl)ccc45)CC3)n2)CC1.CCN1CCN(c2nccc(N3CCN(CCCNc4ccnc5cc(Cl)ccc45)CC3)n2)CC1.CCN1CCN(c2nccc(N3CCN(CCNc4ccnc5cc(Cl)ccc45)CC3)n2)CC1. The normalized spacial score (nSPS) is 17.8. The van der Waals surface area contributed by atoms with Crippen molar-refractivity contribution in [1.82, 2.24) is 99.0 Å². The molecule has 8 saturated heterocycles. The van der Waals surface area contributed by atoms with Crippen LogP contribution in [0.25, 0.3) is 43.6 Å². The molecule has 0 amide bonds. The number of likely N-dealkylation sites (N-methyl/N-ethyl adjacent to an activating group) is 4. The average Bonchev–Trinajstić information content (AvgIpc) is 0.869. The van der Waals surface area contributed by atoms with Crippen molar-refractivity contribution in [3.63, 3.8) is 0 Å². The van der Waals surface area contributed by atoms with E-state index >= 15 is 0 Å². The second-order valence-electron chi connectivity index (χ2n) is 37.3. The number of halogens is 4. The van der Waals surface area contributed by atoms with E-state index in [1.54, 1.807) is 0 Å². The maximum Gasteiger partial charge on any atom is 0.227 e. The number of rotatable bonds is 30. The Kier molecular flexibility index (Phi) is 36.2. The predicted octanol–water partition coefficient (Wildman–Crippen LogP) is 13.6. The molecule has 8 fully saturated rings. The lowest BCUT2D eigenvalue weighted by Gasteiger charge is -2.37. The number of anilines is 12. The van der Waals surface area contributed by atoms with Crippen molar-refractivity contribution in [3.8, 4) is 0 Å². The Morgan fingerprint density at radius 2 is 0.464 bits per heavy atom. The van der Waals surface area contributed by atoms with Crippen molar-refractivity contribution in [2.24, 2.45) is 0 Å². The van der Waals surface area contributed by atoms with E-state index in [2.05, 4.69) is 189 Å². The molecular formula is C104H140Cl4N32. The average molecular weight is 1980 g/mol. The molecule has 0 spiro atoms. The van der Waals surface area contributed by atoms with E-state index in [-0.39, 0.29) is 0 Å². The molecule has 4 N–H and O–H groups in total. The molecule has 0 aliphatic carbocycles. The number of benzene rings is 4. The summed E-state index contributed by atoms with van der Waals surface area (Å²) in [6, 6.07) is 40.0.